The number of H-pyrrole nitrogens is 1. The normalized spacial score (nSPS) is 24.4. The molecule has 186 valence electrons. The van der Waals surface area contributed by atoms with E-state index in [1.165, 1.54) is 18.7 Å². The zero-order valence-corrected chi connectivity index (χ0v) is 21.1. The van der Waals surface area contributed by atoms with Gasteiger partial charge in [0.25, 0.3) is 0 Å². The Bertz CT molecular complexity index is 1230. The van der Waals surface area contributed by atoms with Gasteiger partial charge in [-0.1, -0.05) is 35.9 Å². The van der Waals surface area contributed by atoms with Gasteiger partial charge in [-0.05, 0) is 56.3 Å². The van der Waals surface area contributed by atoms with E-state index in [1.807, 2.05) is 18.2 Å². The van der Waals surface area contributed by atoms with Gasteiger partial charge in [0.15, 0.2) is 0 Å². The highest BCUT2D eigenvalue weighted by Gasteiger charge is 2.48. The van der Waals surface area contributed by atoms with Gasteiger partial charge in [-0.3, -0.25) is 9.69 Å². The molecule has 8 heteroatoms. The highest BCUT2D eigenvalue weighted by Crippen LogP contribution is 2.49. The molecule has 2 aliphatic heterocycles. The number of piperidine rings is 1. The van der Waals surface area contributed by atoms with E-state index in [0.717, 1.165) is 48.1 Å². The molecule has 6 nitrogen and oxygen atoms in total. The molecule has 5 rings (SSSR count). The molecule has 0 aliphatic carbocycles. The number of methoxy groups -OCH3 is 1. The van der Waals surface area contributed by atoms with Crippen LogP contribution < -0.4 is 5.32 Å². The van der Waals surface area contributed by atoms with Gasteiger partial charge in [0.1, 0.15) is 11.9 Å². The number of aromatic nitrogens is 1. The van der Waals surface area contributed by atoms with E-state index in [9.17, 15) is 9.18 Å². The summed E-state index contributed by atoms with van der Waals surface area (Å²) in [6.45, 7) is 1.78. The van der Waals surface area contributed by atoms with Gasteiger partial charge in [-0.25, -0.2) is 4.39 Å². The summed E-state index contributed by atoms with van der Waals surface area (Å²) in [5.41, 5.74) is 4.21. The van der Waals surface area contributed by atoms with Crippen LogP contribution in [0.15, 0.2) is 42.5 Å². The molecular weight excluding hydrogens is 467 g/mol. The van der Waals surface area contributed by atoms with Crippen LogP contribution in [0.5, 0.6) is 0 Å². The summed E-state index contributed by atoms with van der Waals surface area (Å²) in [4.78, 5) is 21.2. The predicted molar refractivity (Wildman–Crippen MR) is 136 cm³/mol. The van der Waals surface area contributed by atoms with Crippen LogP contribution in [-0.2, 0) is 16.0 Å². The number of aromatic amines is 1. The Balaban J connectivity index is 1.60. The van der Waals surface area contributed by atoms with Crippen LogP contribution in [-0.4, -0.2) is 67.1 Å². The minimum absolute atomic E-state index is 0.0374. The Morgan fingerprint density at radius 2 is 2.00 bits per heavy atom. The first kappa shape index (κ1) is 24.3. The van der Waals surface area contributed by atoms with Gasteiger partial charge in [0, 0.05) is 48.2 Å². The van der Waals surface area contributed by atoms with Crippen molar-refractivity contribution in [1.82, 2.24) is 20.1 Å². The number of halogens is 2. The fourth-order valence-electron chi connectivity index (χ4n) is 5.85. The third kappa shape index (κ3) is 4.58. The summed E-state index contributed by atoms with van der Waals surface area (Å²) >= 11 is 6.01. The maximum atomic E-state index is 14.6. The minimum Gasteiger partial charge on any atom is -0.468 e. The Kier molecular flexibility index (Phi) is 6.86. The van der Waals surface area contributed by atoms with E-state index < -0.39 is 11.9 Å². The number of carbonyl (C=O) groups is 1. The monoisotopic (exact) mass is 498 g/mol. The quantitative estimate of drug-likeness (QED) is 0.491. The van der Waals surface area contributed by atoms with Crippen molar-refractivity contribution in [3.63, 3.8) is 0 Å². The number of likely N-dealkylation sites (N-methyl/N-ethyl adjacent to an activating group) is 1. The van der Waals surface area contributed by atoms with Crippen LogP contribution in [0.2, 0.25) is 5.02 Å². The zero-order chi connectivity index (χ0) is 24.7. The Morgan fingerprint density at radius 1 is 1.23 bits per heavy atom. The van der Waals surface area contributed by atoms with Gasteiger partial charge in [-0.15, -0.1) is 0 Å². The fraction of sp³-hybridized carbons (Fsp3) is 0.444. The molecule has 1 fully saturated rings. The van der Waals surface area contributed by atoms with E-state index in [1.54, 1.807) is 6.07 Å². The van der Waals surface area contributed by atoms with E-state index in [2.05, 4.69) is 46.3 Å². The topological polar surface area (TPSA) is 60.6 Å². The number of nitrogens with zero attached hydrogens (tertiary/aromatic N) is 2. The van der Waals surface area contributed by atoms with Gasteiger partial charge in [-0.2, -0.15) is 0 Å². The number of esters is 1. The standard InChI is InChI=1S/C27H32ClFN4O2/c1-32(2)11-10-30-17-13-23(16-8-9-20(28)21(29)12-16)33-24(14-17)26-19(15-25(33)27(34)35-3)18-6-4-5-7-22(18)31-26/h4-9,12,17,23-25,30-31H,10-11,13-15H2,1-3H3/t17-,23-,24-,25-/m0/s1. The van der Waals surface area contributed by atoms with Crippen LogP contribution in [0.4, 0.5) is 4.39 Å². The molecule has 0 bridgehead atoms. The smallest absolute Gasteiger partial charge is 0.323 e. The summed E-state index contributed by atoms with van der Waals surface area (Å²) in [6, 6.07) is 12.8. The van der Waals surface area contributed by atoms with Crippen molar-refractivity contribution in [2.24, 2.45) is 0 Å². The first-order valence-corrected chi connectivity index (χ1v) is 12.5. The summed E-state index contributed by atoms with van der Waals surface area (Å²) in [6.07, 6.45) is 2.15. The van der Waals surface area contributed by atoms with Crippen molar-refractivity contribution in [3.05, 3.63) is 70.1 Å². The van der Waals surface area contributed by atoms with Crippen molar-refractivity contribution >= 4 is 28.5 Å². The molecule has 0 spiro atoms. The minimum atomic E-state index is -0.455. The molecule has 0 unspecified atom stereocenters. The molecule has 35 heavy (non-hydrogen) atoms. The van der Waals surface area contributed by atoms with Gasteiger partial charge >= 0.3 is 5.97 Å². The highest BCUT2D eigenvalue weighted by atomic mass is 35.5. The SMILES string of the molecule is COC(=O)[C@@H]1Cc2c([nH]c3ccccc23)[C@@H]2C[C@@H](NCCN(C)C)C[C@@H](c3ccc(Cl)c(F)c3)N12. The third-order valence-corrected chi connectivity index (χ3v) is 7.77. The molecule has 2 aromatic carbocycles. The second kappa shape index (κ2) is 9.90. The van der Waals surface area contributed by atoms with Crippen LogP contribution in [0.3, 0.4) is 0 Å². The summed E-state index contributed by atoms with van der Waals surface area (Å²) in [5, 5.41) is 4.96. The molecule has 0 amide bonds. The van der Waals surface area contributed by atoms with E-state index in [-0.39, 0.29) is 29.1 Å². The first-order valence-electron chi connectivity index (χ1n) is 12.1. The van der Waals surface area contributed by atoms with Gasteiger partial charge in [0.05, 0.1) is 18.2 Å². The van der Waals surface area contributed by atoms with Crippen molar-refractivity contribution < 1.29 is 13.9 Å². The molecular formula is C27H32ClFN4O2. The predicted octanol–water partition coefficient (Wildman–Crippen LogP) is 4.46. The van der Waals surface area contributed by atoms with Crippen LogP contribution in [0.25, 0.3) is 10.9 Å². The van der Waals surface area contributed by atoms with Crippen LogP contribution in [0, 0.1) is 5.82 Å². The molecule has 0 radical (unpaired) electrons. The number of hydrogen-bond donors (Lipinski definition) is 2. The molecule has 2 aliphatic rings. The molecule has 1 aromatic heterocycles. The first-order chi connectivity index (χ1) is 16.9. The number of fused-ring (bicyclic) bond motifs is 5. The summed E-state index contributed by atoms with van der Waals surface area (Å²) < 4.78 is 19.9. The molecule has 3 heterocycles. The average Bonchev–Trinajstić information content (AvgIpc) is 3.23. The second-order valence-electron chi connectivity index (χ2n) is 9.88. The van der Waals surface area contributed by atoms with E-state index >= 15 is 0 Å². The third-order valence-electron chi connectivity index (χ3n) is 7.47. The van der Waals surface area contributed by atoms with Gasteiger partial charge in [0.2, 0.25) is 0 Å². The second-order valence-corrected chi connectivity index (χ2v) is 10.3. The number of carbonyl (C=O) groups excluding carboxylic acids is 1. The Labute approximate surface area is 210 Å². The molecule has 3 aromatic rings. The van der Waals surface area contributed by atoms with E-state index in [0.29, 0.717) is 6.42 Å². The van der Waals surface area contributed by atoms with Crippen molar-refractivity contribution in [3.8, 4) is 0 Å². The van der Waals surface area contributed by atoms with Crippen molar-refractivity contribution in [1.29, 1.82) is 0 Å². The largest absolute Gasteiger partial charge is 0.468 e. The van der Waals surface area contributed by atoms with Crippen LogP contribution >= 0.6 is 11.6 Å². The maximum Gasteiger partial charge on any atom is 0.323 e. The Morgan fingerprint density at radius 3 is 2.74 bits per heavy atom. The molecule has 2 N–H and O–H groups in total. The fourth-order valence-corrected chi connectivity index (χ4v) is 5.97. The Hall–Kier alpha value is -2.45. The number of para-hydroxylation sites is 1. The highest BCUT2D eigenvalue weighted by molar-refractivity contribution is 6.30. The number of hydrogen-bond acceptors (Lipinski definition) is 5. The molecule has 4 atom stereocenters. The lowest BCUT2D eigenvalue weighted by molar-refractivity contribution is -0.152. The lowest BCUT2D eigenvalue weighted by Gasteiger charge is -2.50. The molecule has 0 saturated carbocycles. The number of nitrogens with one attached hydrogen (secondary N) is 2. The summed E-state index contributed by atoms with van der Waals surface area (Å²) in [7, 11) is 5.56. The maximum absolute atomic E-state index is 14.6. The lowest BCUT2D eigenvalue weighted by atomic mass is 9.79. The van der Waals surface area contributed by atoms with E-state index in [4.69, 9.17) is 16.3 Å². The number of benzene rings is 2. The summed E-state index contributed by atoms with van der Waals surface area (Å²) in [5.74, 6) is -0.703. The zero-order valence-electron chi connectivity index (χ0n) is 20.4. The van der Waals surface area contributed by atoms with Crippen LogP contribution in [0.1, 0.15) is 41.7 Å². The van der Waals surface area contributed by atoms with Crippen molar-refractivity contribution in [2.75, 3.05) is 34.3 Å². The number of rotatable bonds is 6. The lowest BCUT2D eigenvalue weighted by Crippen LogP contribution is -2.56. The number of ether oxygens (including phenoxy) is 1. The molecule has 1 saturated heterocycles. The van der Waals surface area contributed by atoms with Crippen molar-refractivity contribution in [2.45, 2.75) is 43.4 Å². The average molecular weight is 499 g/mol. The van der Waals surface area contributed by atoms with Gasteiger partial charge < -0.3 is 19.9 Å².